The lowest BCUT2D eigenvalue weighted by Crippen LogP contribution is -2.47. The first-order chi connectivity index (χ1) is 10.4. The molecule has 0 bridgehead atoms. The molecule has 23 heavy (non-hydrogen) atoms. The molecule has 1 aliphatic carbocycles. The number of amides is 1. The SMILES string of the molecule is Cl.O=C(C1CCCC(C(F)(F)F)C1)N1CCC2(CCNC2)CC1. The average Bonchev–Trinajstić information content (AvgIpc) is 2.95. The molecule has 0 aromatic carbocycles. The van der Waals surface area contributed by atoms with Gasteiger partial charge in [-0.15, -0.1) is 12.4 Å². The highest BCUT2D eigenvalue weighted by atomic mass is 35.5. The predicted molar refractivity (Wildman–Crippen MR) is 84.5 cm³/mol. The molecule has 3 fully saturated rings. The molecule has 2 aliphatic heterocycles. The molecule has 2 saturated heterocycles. The van der Waals surface area contributed by atoms with E-state index in [1.165, 1.54) is 0 Å². The zero-order valence-corrected chi connectivity index (χ0v) is 14.1. The third kappa shape index (κ3) is 4.13. The van der Waals surface area contributed by atoms with Gasteiger partial charge in [-0.2, -0.15) is 13.2 Å². The fourth-order valence-corrected chi connectivity index (χ4v) is 4.39. The topological polar surface area (TPSA) is 32.3 Å². The summed E-state index contributed by atoms with van der Waals surface area (Å²) in [5.41, 5.74) is 0.331. The second-order valence-corrected chi connectivity index (χ2v) is 7.35. The lowest BCUT2D eigenvalue weighted by Gasteiger charge is -2.41. The molecule has 3 rings (SSSR count). The van der Waals surface area contributed by atoms with E-state index in [9.17, 15) is 18.0 Å². The third-order valence-corrected chi connectivity index (χ3v) is 5.95. The van der Waals surface area contributed by atoms with Crippen molar-refractivity contribution in [2.75, 3.05) is 26.2 Å². The molecule has 0 aromatic heterocycles. The summed E-state index contributed by atoms with van der Waals surface area (Å²) in [5, 5.41) is 3.38. The van der Waals surface area contributed by atoms with Crippen LogP contribution in [0.3, 0.4) is 0 Å². The predicted octanol–water partition coefficient (Wildman–Crippen LogP) is 3.38. The van der Waals surface area contributed by atoms with Crippen molar-refractivity contribution < 1.29 is 18.0 Å². The van der Waals surface area contributed by atoms with E-state index in [0.29, 0.717) is 31.3 Å². The number of likely N-dealkylation sites (tertiary alicyclic amines) is 1. The largest absolute Gasteiger partial charge is 0.391 e. The van der Waals surface area contributed by atoms with Gasteiger partial charge in [0.2, 0.25) is 5.91 Å². The average molecular weight is 355 g/mol. The fraction of sp³-hybridized carbons (Fsp3) is 0.938. The first kappa shape index (κ1) is 18.8. The fourth-order valence-electron chi connectivity index (χ4n) is 4.39. The van der Waals surface area contributed by atoms with Crippen LogP contribution in [-0.2, 0) is 4.79 Å². The maximum Gasteiger partial charge on any atom is 0.391 e. The van der Waals surface area contributed by atoms with Crippen LogP contribution in [0, 0.1) is 17.3 Å². The van der Waals surface area contributed by atoms with E-state index < -0.39 is 18.0 Å². The van der Waals surface area contributed by atoms with Crippen molar-refractivity contribution in [2.24, 2.45) is 17.3 Å². The molecule has 1 N–H and O–H groups in total. The van der Waals surface area contributed by atoms with Gasteiger partial charge < -0.3 is 10.2 Å². The van der Waals surface area contributed by atoms with Crippen LogP contribution in [-0.4, -0.2) is 43.2 Å². The minimum Gasteiger partial charge on any atom is -0.342 e. The standard InChI is InChI=1S/C16H25F3N2O.ClH/c17-16(18,19)13-3-1-2-12(10-13)14(22)21-8-5-15(6-9-21)4-7-20-11-15;/h12-13,20H,1-11H2;1H. The van der Waals surface area contributed by atoms with Crippen molar-refractivity contribution in [2.45, 2.75) is 51.1 Å². The highest BCUT2D eigenvalue weighted by molar-refractivity contribution is 5.85. The van der Waals surface area contributed by atoms with E-state index in [-0.39, 0.29) is 31.2 Å². The number of alkyl halides is 3. The van der Waals surface area contributed by atoms with Crippen molar-refractivity contribution in [3.63, 3.8) is 0 Å². The van der Waals surface area contributed by atoms with Gasteiger partial charge in [0, 0.05) is 25.6 Å². The molecule has 0 aromatic rings. The summed E-state index contributed by atoms with van der Waals surface area (Å²) >= 11 is 0. The number of nitrogens with zero attached hydrogens (tertiary/aromatic N) is 1. The van der Waals surface area contributed by atoms with Crippen LogP contribution in [0.2, 0.25) is 0 Å². The van der Waals surface area contributed by atoms with Crippen LogP contribution in [0.15, 0.2) is 0 Å². The maximum absolute atomic E-state index is 12.9. The Morgan fingerprint density at radius 2 is 1.83 bits per heavy atom. The molecule has 0 radical (unpaired) electrons. The Morgan fingerprint density at radius 1 is 1.13 bits per heavy atom. The molecule has 1 saturated carbocycles. The van der Waals surface area contributed by atoms with E-state index in [1.807, 2.05) is 4.90 Å². The van der Waals surface area contributed by atoms with Crippen LogP contribution in [0.25, 0.3) is 0 Å². The van der Waals surface area contributed by atoms with Crippen LogP contribution >= 0.6 is 12.4 Å². The van der Waals surface area contributed by atoms with Gasteiger partial charge in [-0.1, -0.05) is 6.42 Å². The highest BCUT2D eigenvalue weighted by Gasteiger charge is 2.45. The Kier molecular flexibility index (Phi) is 5.88. The number of halogens is 4. The molecule has 134 valence electrons. The van der Waals surface area contributed by atoms with Gasteiger partial charge in [0.15, 0.2) is 0 Å². The van der Waals surface area contributed by atoms with Crippen molar-refractivity contribution in [1.29, 1.82) is 0 Å². The summed E-state index contributed by atoms with van der Waals surface area (Å²) < 4.78 is 38.7. The lowest BCUT2D eigenvalue weighted by molar-refractivity contribution is -0.187. The van der Waals surface area contributed by atoms with Gasteiger partial charge in [0.25, 0.3) is 0 Å². The van der Waals surface area contributed by atoms with Gasteiger partial charge in [-0.3, -0.25) is 4.79 Å². The Bertz CT molecular complexity index is 414. The van der Waals surface area contributed by atoms with Gasteiger partial charge in [-0.25, -0.2) is 0 Å². The second-order valence-electron chi connectivity index (χ2n) is 7.35. The number of hydrogen-bond donors (Lipinski definition) is 1. The van der Waals surface area contributed by atoms with Gasteiger partial charge in [0.05, 0.1) is 5.92 Å². The molecule has 3 nitrogen and oxygen atoms in total. The highest BCUT2D eigenvalue weighted by Crippen LogP contribution is 2.42. The summed E-state index contributed by atoms with van der Waals surface area (Å²) in [4.78, 5) is 14.4. The number of rotatable bonds is 1. The molecule has 2 heterocycles. The quantitative estimate of drug-likeness (QED) is 0.783. The third-order valence-electron chi connectivity index (χ3n) is 5.95. The molecule has 7 heteroatoms. The molecule has 1 spiro atoms. The van der Waals surface area contributed by atoms with E-state index in [0.717, 1.165) is 32.4 Å². The Hall–Kier alpha value is -0.490. The lowest BCUT2D eigenvalue weighted by atomic mass is 9.76. The van der Waals surface area contributed by atoms with Crippen molar-refractivity contribution in [3.05, 3.63) is 0 Å². The van der Waals surface area contributed by atoms with E-state index in [1.54, 1.807) is 0 Å². The van der Waals surface area contributed by atoms with Gasteiger partial charge in [-0.05, 0) is 50.5 Å². The molecule has 2 atom stereocenters. The zero-order valence-electron chi connectivity index (χ0n) is 13.3. The number of carbonyl (C=O) groups excluding carboxylic acids is 1. The van der Waals surface area contributed by atoms with Crippen LogP contribution < -0.4 is 5.32 Å². The van der Waals surface area contributed by atoms with Crippen molar-refractivity contribution >= 4 is 18.3 Å². The van der Waals surface area contributed by atoms with Crippen LogP contribution in [0.1, 0.15) is 44.9 Å². The van der Waals surface area contributed by atoms with Crippen molar-refractivity contribution in [3.8, 4) is 0 Å². The Balaban J connectivity index is 0.00000192. The number of piperidine rings is 1. The monoisotopic (exact) mass is 354 g/mol. The second kappa shape index (κ2) is 7.18. The minimum absolute atomic E-state index is 0. The van der Waals surface area contributed by atoms with E-state index >= 15 is 0 Å². The Morgan fingerprint density at radius 3 is 2.39 bits per heavy atom. The summed E-state index contributed by atoms with van der Waals surface area (Å²) in [7, 11) is 0. The first-order valence-corrected chi connectivity index (χ1v) is 8.46. The number of hydrogen-bond acceptors (Lipinski definition) is 2. The summed E-state index contributed by atoms with van der Waals surface area (Å²) in [6, 6.07) is 0. The molecular formula is C16H26ClF3N2O. The van der Waals surface area contributed by atoms with Crippen LogP contribution in [0.5, 0.6) is 0 Å². The first-order valence-electron chi connectivity index (χ1n) is 8.46. The van der Waals surface area contributed by atoms with Gasteiger partial charge in [0.1, 0.15) is 0 Å². The number of nitrogens with one attached hydrogen (secondary N) is 1. The van der Waals surface area contributed by atoms with Crippen molar-refractivity contribution in [1.82, 2.24) is 10.2 Å². The van der Waals surface area contributed by atoms with Crippen LogP contribution in [0.4, 0.5) is 13.2 Å². The maximum atomic E-state index is 12.9. The molecule has 1 amide bonds. The molecule has 3 aliphatic rings. The minimum atomic E-state index is -4.15. The van der Waals surface area contributed by atoms with Gasteiger partial charge >= 0.3 is 6.18 Å². The number of carbonyl (C=O) groups is 1. The zero-order chi connectivity index (χ0) is 15.8. The molecular weight excluding hydrogens is 329 g/mol. The summed E-state index contributed by atoms with van der Waals surface area (Å²) in [6.45, 7) is 3.50. The summed E-state index contributed by atoms with van der Waals surface area (Å²) in [6.07, 6.45) is 0.293. The molecule has 2 unspecified atom stereocenters. The normalized spacial score (nSPS) is 31.0. The smallest absolute Gasteiger partial charge is 0.342 e. The van der Waals surface area contributed by atoms with E-state index in [2.05, 4.69) is 5.32 Å². The summed E-state index contributed by atoms with van der Waals surface area (Å²) in [5.74, 6) is -1.74. The Labute approximate surface area is 141 Å². The van der Waals surface area contributed by atoms with E-state index in [4.69, 9.17) is 0 Å².